The van der Waals surface area contributed by atoms with Gasteiger partial charge in [-0.1, -0.05) is 17.8 Å². The first-order valence-corrected chi connectivity index (χ1v) is 6.20. The van der Waals surface area contributed by atoms with E-state index in [1.54, 1.807) is 23.5 Å². The molecule has 0 fully saturated rings. The lowest BCUT2D eigenvalue weighted by molar-refractivity contribution is 0.0698. The smallest absolute Gasteiger partial charge is 0.337 e. The van der Waals surface area contributed by atoms with E-state index >= 15 is 0 Å². The summed E-state index contributed by atoms with van der Waals surface area (Å²) in [5.41, 5.74) is 6.02. The Morgan fingerprint density at radius 1 is 1.38 bits per heavy atom. The first-order valence-electron chi connectivity index (χ1n) is 4.51. The number of anilines is 1. The molecule has 1 aromatic carbocycles. The first-order chi connectivity index (χ1) is 7.66. The van der Waals surface area contributed by atoms with Crippen LogP contribution in [0.4, 0.5) is 5.69 Å². The van der Waals surface area contributed by atoms with Gasteiger partial charge in [0.25, 0.3) is 0 Å². The molecule has 0 atom stereocenters. The van der Waals surface area contributed by atoms with Crippen LogP contribution in [0.5, 0.6) is 0 Å². The van der Waals surface area contributed by atoms with Gasteiger partial charge in [0.05, 0.1) is 9.77 Å². The fourth-order valence-corrected chi connectivity index (χ4v) is 3.01. The quantitative estimate of drug-likeness (QED) is 0.822. The van der Waals surface area contributed by atoms with Crippen LogP contribution in [0.15, 0.2) is 44.8 Å². The molecule has 0 spiro atoms. The van der Waals surface area contributed by atoms with E-state index in [4.69, 9.17) is 10.8 Å². The number of aromatic carboxylic acids is 1. The molecule has 3 nitrogen and oxygen atoms in total. The zero-order valence-electron chi connectivity index (χ0n) is 8.21. The van der Waals surface area contributed by atoms with Crippen molar-refractivity contribution in [2.45, 2.75) is 9.10 Å². The van der Waals surface area contributed by atoms with Crippen LogP contribution in [0, 0.1) is 0 Å². The number of benzene rings is 1. The van der Waals surface area contributed by atoms with E-state index < -0.39 is 5.97 Å². The Morgan fingerprint density at radius 3 is 2.81 bits per heavy atom. The van der Waals surface area contributed by atoms with Crippen molar-refractivity contribution in [2.24, 2.45) is 0 Å². The third kappa shape index (κ3) is 2.37. The van der Waals surface area contributed by atoms with E-state index in [0.717, 1.165) is 9.10 Å². The molecule has 0 unspecified atom stereocenters. The Bertz CT molecular complexity index is 509. The molecule has 2 aromatic rings. The van der Waals surface area contributed by atoms with E-state index in [2.05, 4.69) is 0 Å². The lowest BCUT2D eigenvalue weighted by Crippen LogP contribution is -2.01. The van der Waals surface area contributed by atoms with Crippen LogP contribution in [0.3, 0.4) is 0 Å². The molecule has 82 valence electrons. The lowest BCUT2D eigenvalue weighted by Gasteiger charge is -2.03. The van der Waals surface area contributed by atoms with Gasteiger partial charge in [-0.25, -0.2) is 4.79 Å². The summed E-state index contributed by atoms with van der Waals surface area (Å²) in [4.78, 5) is 11.8. The number of carboxylic acids is 1. The summed E-state index contributed by atoms with van der Waals surface area (Å²) in [7, 11) is 0. The monoisotopic (exact) mass is 251 g/mol. The van der Waals surface area contributed by atoms with Gasteiger partial charge in [-0.15, -0.1) is 11.3 Å². The summed E-state index contributed by atoms with van der Waals surface area (Å²) < 4.78 is 1.13. The molecule has 5 heteroatoms. The minimum Gasteiger partial charge on any atom is -0.478 e. The van der Waals surface area contributed by atoms with Crippen molar-refractivity contribution in [3.05, 3.63) is 41.3 Å². The molecule has 3 N–H and O–H groups in total. The predicted octanol–water partition coefficient (Wildman–Crippen LogP) is 3.18. The summed E-state index contributed by atoms with van der Waals surface area (Å²) >= 11 is 3.15. The molecule has 2 rings (SSSR count). The highest BCUT2D eigenvalue weighted by molar-refractivity contribution is 8.01. The summed E-state index contributed by atoms with van der Waals surface area (Å²) in [5.74, 6) is -0.994. The van der Waals surface area contributed by atoms with Gasteiger partial charge in [0.15, 0.2) is 0 Å². The molecule has 16 heavy (non-hydrogen) atoms. The molecule has 0 amide bonds. The van der Waals surface area contributed by atoms with E-state index in [-0.39, 0.29) is 5.56 Å². The number of thiophene rings is 1. The van der Waals surface area contributed by atoms with Gasteiger partial charge in [0.2, 0.25) is 0 Å². The SMILES string of the molecule is Nc1ccc(Sc2cccs2)cc1C(=O)O. The maximum absolute atomic E-state index is 10.9. The summed E-state index contributed by atoms with van der Waals surface area (Å²) in [5, 5.41) is 10.9. The minimum absolute atomic E-state index is 0.154. The van der Waals surface area contributed by atoms with Crippen molar-refractivity contribution in [1.82, 2.24) is 0 Å². The van der Waals surface area contributed by atoms with Gasteiger partial charge in [-0.3, -0.25) is 0 Å². The standard InChI is InChI=1S/C11H9NO2S2/c12-9-4-3-7(6-8(9)11(13)14)16-10-2-1-5-15-10/h1-6H,12H2,(H,13,14). The van der Waals surface area contributed by atoms with E-state index in [1.807, 2.05) is 23.6 Å². The highest BCUT2D eigenvalue weighted by atomic mass is 32.2. The van der Waals surface area contributed by atoms with Crippen LogP contribution in [0.1, 0.15) is 10.4 Å². The van der Waals surface area contributed by atoms with Gasteiger partial charge in [0, 0.05) is 10.6 Å². The van der Waals surface area contributed by atoms with Crippen LogP contribution in [-0.2, 0) is 0 Å². The topological polar surface area (TPSA) is 63.3 Å². The maximum Gasteiger partial charge on any atom is 0.337 e. The van der Waals surface area contributed by atoms with Crippen molar-refractivity contribution in [1.29, 1.82) is 0 Å². The van der Waals surface area contributed by atoms with E-state index in [1.165, 1.54) is 11.8 Å². The van der Waals surface area contributed by atoms with Gasteiger partial charge in [-0.05, 0) is 29.6 Å². The second-order valence-corrected chi connectivity index (χ2v) is 5.41. The molecule has 0 aliphatic rings. The number of carbonyl (C=O) groups is 1. The normalized spacial score (nSPS) is 10.2. The molecule has 0 aliphatic heterocycles. The Morgan fingerprint density at radius 2 is 2.19 bits per heavy atom. The van der Waals surface area contributed by atoms with Gasteiger partial charge < -0.3 is 10.8 Å². The minimum atomic E-state index is -0.994. The number of hydrogen-bond acceptors (Lipinski definition) is 4. The van der Waals surface area contributed by atoms with Crippen LogP contribution < -0.4 is 5.73 Å². The summed E-state index contributed by atoms with van der Waals surface area (Å²) in [6.45, 7) is 0. The van der Waals surface area contributed by atoms with Crippen molar-refractivity contribution >= 4 is 34.8 Å². The fraction of sp³-hybridized carbons (Fsp3) is 0. The van der Waals surface area contributed by atoms with Gasteiger partial charge in [-0.2, -0.15) is 0 Å². The predicted molar refractivity (Wildman–Crippen MR) is 66.3 cm³/mol. The zero-order chi connectivity index (χ0) is 11.5. The zero-order valence-corrected chi connectivity index (χ0v) is 9.85. The number of rotatable bonds is 3. The molecule has 0 bridgehead atoms. The molecular formula is C11H9NO2S2. The number of nitrogens with two attached hydrogens (primary N) is 1. The van der Waals surface area contributed by atoms with Crippen molar-refractivity contribution in [3.8, 4) is 0 Å². The number of hydrogen-bond donors (Lipinski definition) is 2. The van der Waals surface area contributed by atoms with Gasteiger partial charge >= 0.3 is 5.97 Å². The number of carboxylic acid groups (broad SMARTS) is 1. The van der Waals surface area contributed by atoms with E-state index in [0.29, 0.717) is 5.69 Å². The lowest BCUT2D eigenvalue weighted by atomic mass is 10.2. The van der Waals surface area contributed by atoms with E-state index in [9.17, 15) is 4.79 Å². The van der Waals surface area contributed by atoms with Crippen LogP contribution in [0.25, 0.3) is 0 Å². The number of nitrogen functional groups attached to an aromatic ring is 1. The molecule has 0 aliphatic carbocycles. The molecular weight excluding hydrogens is 242 g/mol. The molecule has 1 aromatic heterocycles. The second-order valence-electron chi connectivity index (χ2n) is 3.09. The van der Waals surface area contributed by atoms with Crippen LogP contribution >= 0.6 is 23.1 Å². The molecule has 0 saturated carbocycles. The Kier molecular flexibility index (Phi) is 3.17. The van der Waals surface area contributed by atoms with Crippen LogP contribution in [0.2, 0.25) is 0 Å². The Balaban J connectivity index is 2.29. The maximum atomic E-state index is 10.9. The third-order valence-electron chi connectivity index (χ3n) is 1.97. The highest BCUT2D eigenvalue weighted by Gasteiger charge is 2.09. The largest absolute Gasteiger partial charge is 0.478 e. The third-order valence-corrected chi connectivity index (χ3v) is 4.00. The summed E-state index contributed by atoms with van der Waals surface area (Å²) in [6.07, 6.45) is 0. The van der Waals surface area contributed by atoms with Crippen molar-refractivity contribution < 1.29 is 9.90 Å². The fourth-order valence-electron chi connectivity index (χ4n) is 1.22. The average Bonchev–Trinajstić information content (AvgIpc) is 2.73. The van der Waals surface area contributed by atoms with Crippen molar-refractivity contribution in [2.75, 3.05) is 5.73 Å². The summed E-state index contributed by atoms with van der Waals surface area (Å²) in [6, 6.07) is 9.00. The Labute approximate surface area is 101 Å². The molecule has 0 saturated heterocycles. The van der Waals surface area contributed by atoms with Crippen molar-refractivity contribution in [3.63, 3.8) is 0 Å². The van der Waals surface area contributed by atoms with Gasteiger partial charge in [0.1, 0.15) is 0 Å². The Hall–Kier alpha value is -1.46. The highest BCUT2D eigenvalue weighted by Crippen LogP contribution is 2.32. The molecule has 0 radical (unpaired) electrons. The van der Waals surface area contributed by atoms with Crippen LogP contribution in [-0.4, -0.2) is 11.1 Å². The molecule has 1 heterocycles. The average molecular weight is 251 g/mol. The second kappa shape index (κ2) is 4.59. The first kappa shape index (κ1) is 11.0.